The van der Waals surface area contributed by atoms with Gasteiger partial charge in [0.15, 0.2) is 18.3 Å². The Morgan fingerprint density at radius 1 is 0.974 bits per heavy atom. The van der Waals surface area contributed by atoms with Gasteiger partial charge < -0.3 is 19.3 Å². The highest BCUT2D eigenvalue weighted by Gasteiger charge is 2.16. The molecule has 2 heterocycles. The number of ether oxygens (including phenoxy) is 3. The fraction of sp³-hybridized carbons (Fsp3) is 0.200. The van der Waals surface area contributed by atoms with Crippen LogP contribution in [0, 0.1) is 6.92 Å². The van der Waals surface area contributed by atoms with Gasteiger partial charge in [0.2, 0.25) is 0 Å². The third-order valence-corrected chi connectivity index (χ3v) is 5.82. The molecule has 0 spiro atoms. The van der Waals surface area contributed by atoms with Crippen LogP contribution in [-0.2, 0) is 11.4 Å². The highest BCUT2D eigenvalue weighted by Crippen LogP contribution is 2.27. The zero-order valence-electron chi connectivity index (χ0n) is 21.9. The summed E-state index contributed by atoms with van der Waals surface area (Å²) in [5.41, 5.74) is 3.31. The second-order valence-corrected chi connectivity index (χ2v) is 9.24. The van der Waals surface area contributed by atoms with Gasteiger partial charge in [-0.15, -0.1) is 5.10 Å². The summed E-state index contributed by atoms with van der Waals surface area (Å²) in [6.07, 6.45) is 1.87. The minimum Gasteiger partial charge on any atom is -0.491 e. The summed E-state index contributed by atoms with van der Waals surface area (Å²) in [6.45, 7) is 5.53. The van der Waals surface area contributed by atoms with Crippen LogP contribution in [0.3, 0.4) is 0 Å². The third kappa shape index (κ3) is 6.15. The Balaban J connectivity index is 1.44. The summed E-state index contributed by atoms with van der Waals surface area (Å²) >= 11 is 0. The molecular weight excluding hydrogens is 496 g/mol. The number of aryl methyl sites for hydroxylation is 1. The number of fused-ring (bicyclic) bond motifs is 1. The summed E-state index contributed by atoms with van der Waals surface area (Å²) in [6, 6.07) is 22.9. The first-order valence-corrected chi connectivity index (χ1v) is 12.5. The molecule has 1 N–H and O–H groups in total. The van der Waals surface area contributed by atoms with Gasteiger partial charge in [-0.1, -0.05) is 18.2 Å². The van der Waals surface area contributed by atoms with Crippen molar-refractivity contribution in [3.63, 3.8) is 0 Å². The van der Waals surface area contributed by atoms with Crippen LogP contribution >= 0.6 is 0 Å². The number of pyridine rings is 1. The van der Waals surface area contributed by atoms with Crippen molar-refractivity contribution >= 4 is 16.9 Å². The molecule has 0 aliphatic carbocycles. The number of aromatic nitrogens is 4. The van der Waals surface area contributed by atoms with Crippen LogP contribution < -0.4 is 14.2 Å². The maximum atomic E-state index is 10.8. The first kappa shape index (κ1) is 25.7. The number of carboxylic acid groups (broad SMARTS) is 1. The van der Waals surface area contributed by atoms with Gasteiger partial charge in [-0.2, -0.15) is 0 Å². The Kier molecular flexibility index (Phi) is 7.40. The van der Waals surface area contributed by atoms with Gasteiger partial charge >= 0.3 is 5.97 Å². The van der Waals surface area contributed by atoms with Crippen LogP contribution in [0.1, 0.15) is 25.2 Å². The molecule has 0 aliphatic heterocycles. The van der Waals surface area contributed by atoms with E-state index in [9.17, 15) is 4.79 Å². The molecule has 2 aromatic heterocycles. The van der Waals surface area contributed by atoms with Crippen molar-refractivity contribution in [2.75, 3.05) is 6.61 Å². The molecule has 0 unspecified atom stereocenters. The molecule has 0 aliphatic rings. The first-order valence-electron chi connectivity index (χ1n) is 12.5. The molecule has 198 valence electrons. The average molecular weight is 525 g/mol. The van der Waals surface area contributed by atoms with Gasteiger partial charge in [0.1, 0.15) is 23.9 Å². The van der Waals surface area contributed by atoms with Gasteiger partial charge in [-0.3, -0.25) is 4.98 Å². The minimum atomic E-state index is -1.03. The van der Waals surface area contributed by atoms with Crippen LogP contribution in [0.4, 0.5) is 0 Å². The van der Waals surface area contributed by atoms with Crippen LogP contribution in [-0.4, -0.2) is 43.5 Å². The molecule has 0 radical (unpaired) electrons. The van der Waals surface area contributed by atoms with Gasteiger partial charge in [-0.25, -0.2) is 14.5 Å². The van der Waals surface area contributed by atoms with E-state index in [4.69, 9.17) is 29.4 Å². The number of hydrogen-bond donors (Lipinski definition) is 1. The van der Waals surface area contributed by atoms with Crippen molar-refractivity contribution in [1.29, 1.82) is 0 Å². The lowest BCUT2D eigenvalue weighted by Gasteiger charge is -2.11. The van der Waals surface area contributed by atoms with Crippen molar-refractivity contribution < 1.29 is 24.1 Å². The highest BCUT2D eigenvalue weighted by molar-refractivity contribution is 5.82. The highest BCUT2D eigenvalue weighted by atomic mass is 16.5. The number of hydrogen-bond acceptors (Lipinski definition) is 7. The van der Waals surface area contributed by atoms with Crippen LogP contribution in [0.5, 0.6) is 17.2 Å². The van der Waals surface area contributed by atoms with Crippen molar-refractivity contribution in [2.45, 2.75) is 33.5 Å². The molecule has 0 fully saturated rings. The number of nitrogens with zero attached hydrogens (tertiary/aromatic N) is 4. The Morgan fingerprint density at radius 3 is 2.49 bits per heavy atom. The summed E-state index contributed by atoms with van der Waals surface area (Å²) in [5, 5.41) is 14.6. The second-order valence-electron chi connectivity index (χ2n) is 9.24. The lowest BCUT2D eigenvalue weighted by Crippen LogP contribution is -2.10. The fourth-order valence-corrected chi connectivity index (χ4v) is 4.08. The second kappa shape index (κ2) is 11.2. The van der Waals surface area contributed by atoms with E-state index in [-0.39, 0.29) is 12.7 Å². The van der Waals surface area contributed by atoms with Crippen molar-refractivity contribution in [1.82, 2.24) is 19.7 Å². The largest absolute Gasteiger partial charge is 0.491 e. The van der Waals surface area contributed by atoms with Gasteiger partial charge in [0, 0.05) is 17.1 Å². The van der Waals surface area contributed by atoms with E-state index in [2.05, 4.69) is 4.98 Å². The Bertz CT molecular complexity index is 1610. The number of rotatable bonds is 10. The van der Waals surface area contributed by atoms with Gasteiger partial charge in [0.05, 0.1) is 17.3 Å². The van der Waals surface area contributed by atoms with E-state index in [1.807, 2.05) is 75.4 Å². The molecule has 0 atom stereocenters. The Morgan fingerprint density at radius 2 is 1.74 bits per heavy atom. The molecular formula is C30H28N4O5. The number of para-hydroxylation sites is 1. The SMILES string of the molecule is Cc1cc(OCc2nc(-c3cnc4ccccc4c3)n(-c3ccc(OC(C)C)cc3)n2)ccc1OCC(=O)O. The Hall–Kier alpha value is -4.92. The maximum absolute atomic E-state index is 10.8. The van der Waals surface area contributed by atoms with Crippen LogP contribution in [0.2, 0.25) is 0 Å². The predicted molar refractivity (Wildman–Crippen MR) is 147 cm³/mol. The predicted octanol–water partition coefficient (Wildman–Crippen LogP) is 5.62. The van der Waals surface area contributed by atoms with E-state index < -0.39 is 12.6 Å². The molecule has 9 heteroatoms. The normalized spacial score (nSPS) is 11.1. The van der Waals surface area contributed by atoms with Crippen molar-refractivity contribution in [2.24, 2.45) is 0 Å². The molecule has 0 saturated heterocycles. The zero-order chi connectivity index (χ0) is 27.4. The summed E-state index contributed by atoms with van der Waals surface area (Å²) in [4.78, 5) is 20.2. The van der Waals surface area contributed by atoms with Gasteiger partial charge in [0.25, 0.3) is 0 Å². The van der Waals surface area contributed by atoms with E-state index >= 15 is 0 Å². The maximum Gasteiger partial charge on any atom is 0.341 e. The molecule has 5 aromatic rings. The van der Waals surface area contributed by atoms with E-state index in [0.29, 0.717) is 23.1 Å². The monoisotopic (exact) mass is 524 g/mol. The molecule has 0 bridgehead atoms. The average Bonchev–Trinajstić information content (AvgIpc) is 3.35. The molecule has 0 amide bonds. The standard InChI is InChI=1S/C30H28N4O5/c1-19(2)39-24-10-8-23(9-11-24)34-30(22-15-21-6-4-5-7-26(21)31-16-22)32-28(33-34)17-37-25-12-13-27(20(3)14-25)38-18-29(35)36/h4-16,19H,17-18H2,1-3H3,(H,35,36). The molecule has 0 saturated carbocycles. The minimum absolute atomic E-state index is 0.0756. The van der Waals surface area contributed by atoms with E-state index in [1.54, 1.807) is 29.1 Å². The van der Waals surface area contributed by atoms with Crippen LogP contribution in [0.25, 0.3) is 28.0 Å². The molecule has 9 nitrogen and oxygen atoms in total. The lowest BCUT2D eigenvalue weighted by molar-refractivity contribution is -0.139. The van der Waals surface area contributed by atoms with Crippen molar-refractivity contribution in [3.05, 3.63) is 90.4 Å². The smallest absolute Gasteiger partial charge is 0.341 e. The first-order chi connectivity index (χ1) is 18.9. The molecule has 5 rings (SSSR count). The van der Waals surface area contributed by atoms with E-state index in [0.717, 1.165) is 33.5 Å². The van der Waals surface area contributed by atoms with Crippen LogP contribution in [0.15, 0.2) is 79.0 Å². The molecule has 39 heavy (non-hydrogen) atoms. The number of carboxylic acids is 1. The number of aliphatic carboxylic acids is 1. The van der Waals surface area contributed by atoms with E-state index in [1.165, 1.54) is 0 Å². The lowest BCUT2D eigenvalue weighted by atomic mass is 10.1. The Labute approximate surface area is 225 Å². The topological polar surface area (TPSA) is 109 Å². The number of benzene rings is 3. The fourth-order valence-electron chi connectivity index (χ4n) is 4.08. The molecule has 3 aromatic carbocycles. The summed E-state index contributed by atoms with van der Waals surface area (Å²) in [7, 11) is 0. The van der Waals surface area contributed by atoms with Crippen molar-refractivity contribution in [3.8, 4) is 34.3 Å². The van der Waals surface area contributed by atoms with Gasteiger partial charge in [-0.05, 0) is 80.9 Å². The third-order valence-electron chi connectivity index (χ3n) is 5.82. The quantitative estimate of drug-likeness (QED) is 0.251. The number of carbonyl (C=O) groups is 1. The zero-order valence-corrected chi connectivity index (χ0v) is 21.9. The summed E-state index contributed by atoms with van der Waals surface area (Å²) in [5.74, 6) is 1.95. The summed E-state index contributed by atoms with van der Waals surface area (Å²) < 4.78 is 18.8.